The van der Waals surface area contributed by atoms with E-state index in [0.717, 1.165) is 10.2 Å². The van der Waals surface area contributed by atoms with Gasteiger partial charge in [-0.1, -0.05) is 0 Å². The number of nitrogens with one attached hydrogen (secondary N) is 1. The van der Waals surface area contributed by atoms with Crippen LogP contribution in [-0.2, 0) is 0 Å². The van der Waals surface area contributed by atoms with Crippen LogP contribution < -0.4 is 15.8 Å². The number of thiophene rings is 1. The number of fused-ring (bicyclic) bond motifs is 1. The Morgan fingerprint density at radius 2 is 2.19 bits per heavy atom. The molecule has 0 fully saturated rings. The summed E-state index contributed by atoms with van der Waals surface area (Å²) >= 11 is 1.47. The maximum atomic E-state index is 13.9. The van der Waals surface area contributed by atoms with Gasteiger partial charge in [-0.05, 0) is 30.5 Å². The van der Waals surface area contributed by atoms with E-state index in [-0.39, 0.29) is 11.7 Å². The smallest absolute Gasteiger partial charge is 0.223 e. The van der Waals surface area contributed by atoms with Crippen LogP contribution in [0.15, 0.2) is 29.6 Å². The average Bonchev–Trinajstić information content (AvgIpc) is 2.90. The number of benzene rings is 1. The summed E-state index contributed by atoms with van der Waals surface area (Å²) in [5, 5.41) is 5.82. The Hall–Kier alpha value is -2.41. The van der Waals surface area contributed by atoms with E-state index in [1.54, 1.807) is 12.1 Å². The van der Waals surface area contributed by atoms with Crippen LogP contribution in [0.4, 0.5) is 21.8 Å². The van der Waals surface area contributed by atoms with E-state index in [1.165, 1.54) is 17.4 Å². The SMILES string of the molecule is CCOc1ccc(Nc2nc(N)nc3sccc23)cc1F. The van der Waals surface area contributed by atoms with E-state index < -0.39 is 5.82 Å². The van der Waals surface area contributed by atoms with E-state index in [9.17, 15) is 4.39 Å². The lowest BCUT2D eigenvalue weighted by Crippen LogP contribution is -2.01. The summed E-state index contributed by atoms with van der Waals surface area (Å²) in [6.45, 7) is 2.23. The zero-order valence-electron chi connectivity index (χ0n) is 11.3. The molecule has 0 aliphatic heterocycles. The fourth-order valence-electron chi connectivity index (χ4n) is 1.96. The monoisotopic (exact) mass is 304 g/mol. The molecule has 0 spiro atoms. The van der Waals surface area contributed by atoms with Crippen molar-refractivity contribution in [1.29, 1.82) is 0 Å². The molecule has 7 heteroatoms. The van der Waals surface area contributed by atoms with Crippen LogP contribution in [0.2, 0.25) is 0 Å². The fourth-order valence-corrected chi connectivity index (χ4v) is 2.73. The van der Waals surface area contributed by atoms with Crippen molar-refractivity contribution in [2.24, 2.45) is 0 Å². The summed E-state index contributed by atoms with van der Waals surface area (Å²) in [7, 11) is 0. The summed E-state index contributed by atoms with van der Waals surface area (Å²) in [5.74, 6) is 0.539. The van der Waals surface area contributed by atoms with Crippen LogP contribution in [0.1, 0.15) is 6.92 Å². The molecule has 0 amide bonds. The number of halogens is 1. The van der Waals surface area contributed by atoms with Gasteiger partial charge < -0.3 is 15.8 Å². The molecule has 3 rings (SSSR count). The molecule has 2 aromatic heterocycles. The number of nitrogen functional groups attached to an aromatic ring is 1. The highest BCUT2D eigenvalue weighted by molar-refractivity contribution is 7.16. The second-order valence-electron chi connectivity index (χ2n) is 4.27. The molecule has 0 aliphatic rings. The summed E-state index contributed by atoms with van der Waals surface area (Å²) in [5.41, 5.74) is 6.25. The van der Waals surface area contributed by atoms with Crippen LogP contribution in [0.3, 0.4) is 0 Å². The molecule has 2 heterocycles. The maximum absolute atomic E-state index is 13.9. The molecule has 1 aromatic carbocycles. The Balaban J connectivity index is 1.95. The van der Waals surface area contributed by atoms with Gasteiger partial charge in [-0.25, -0.2) is 9.37 Å². The van der Waals surface area contributed by atoms with Gasteiger partial charge >= 0.3 is 0 Å². The van der Waals surface area contributed by atoms with Crippen LogP contribution in [0.5, 0.6) is 5.75 Å². The van der Waals surface area contributed by atoms with Gasteiger partial charge in [-0.15, -0.1) is 11.3 Å². The van der Waals surface area contributed by atoms with Gasteiger partial charge in [-0.3, -0.25) is 0 Å². The van der Waals surface area contributed by atoms with Gasteiger partial charge in [0.05, 0.1) is 12.0 Å². The van der Waals surface area contributed by atoms with E-state index in [0.29, 0.717) is 18.1 Å². The van der Waals surface area contributed by atoms with Gasteiger partial charge in [0.25, 0.3) is 0 Å². The van der Waals surface area contributed by atoms with E-state index in [1.807, 2.05) is 18.4 Å². The molecule has 108 valence electrons. The minimum absolute atomic E-state index is 0.179. The Morgan fingerprint density at radius 1 is 1.33 bits per heavy atom. The predicted octanol–water partition coefficient (Wildman–Crippen LogP) is 3.55. The maximum Gasteiger partial charge on any atom is 0.223 e. The van der Waals surface area contributed by atoms with Crippen molar-refractivity contribution in [2.45, 2.75) is 6.92 Å². The van der Waals surface area contributed by atoms with Crippen molar-refractivity contribution >= 4 is 39.0 Å². The van der Waals surface area contributed by atoms with Gasteiger partial charge in [0.15, 0.2) is 11.6 Å². The molecular formula is C14H13FN4OS. The molecule has 0 aliphatic carbocycles. The third-order valence-corrected chi connectivity index (χ3v) is 3.64. The molecule has 0 unspecified atom stereocenters. The van der Waals surface area contributed by atoms with Crippen LogP contribution >= 0.6 is 11.3 Å². The van der Waals surface area contributed by atoms with Crippen LogP contribution in [0.25, 0.3) is 10.2 Å². The van der Waals surface area contributed by atoms with Gasteiger partial charge in [0.1, 0.15) is 10.6 Å². The van der Waals surface area contributed by atoms with E-state index in [4.69, 9.17) is 10.5 Å². The fraction of sp³-hybridized carbons (Fsp3) is 0.143. The lowest BCUT2D eigenvalue weighted by Gasteiger charge is -2.09. The number of anilines is 3. The number of hydrogen-bond acceptors (Lipinski definition) is 6. The first-order valence-electron chi connectivity index (χ1n) is 6.37. The first-order chi connectivity index (χ1) is 10.2. The highest BCUT2D eigenvalue weighted by Crippen LogP contribution is 2.29. The zero-order chi connectivity index (χ0) is 14.8. The number of nitrogens with zero attached hydrogens (tertiary/aromatic N) is 2. The lowest BCUT2D eigenvalue weighted by atomic mass is 10.2. The van der Waals surface area contributed by atoms with Crippen molar-refractivity contribution in [3.8, 4) is 5.75 Å². The van der Waals surface area contributed by atoms with Crippen molar-refractivity contribution in [2.75, 3.05) is 17.7 Å². The Labute approximate surface area is 124 Å². The zero-order valence-corrected chi connectivity index (χ0v) is 12.1. The highest BCUT2D eigenvalue weighted by atomic mass is 32.1. The van der Waals surface area contributed by atoms with Crippen molar-refractivity contribution in [1.82, 2.24) is 9.97 Å². The minimum atomic E-state index is -0.426. The van der Waals surface area contributed by atoms with Crippen LogP contribution in [-0.4, -0.2) is 16.6 Å². The third-order valence-electron chi connectivity index (χ3n) is 2.84. The normalized spacial score (nSPS) is 10.8. The molecule has 3 aromatic rings. The first kappa shape index (κ1) is 13.6. The minimum Gasteiger partial charge on any atom is -0.491 e. The second kappa shape index (κ2) is 5.53. The topological polar surface area (TPSA) is 73.1 Å². The predicted molar refractivity (Wildman–Crippen MR) is 82.7 cm³/mol. The number of hydrogen-bond donors (Lipinski definition) is 2. The molecule has 21 heavy (non-hydrogen) atoms. The summed E-state index contributed by atoms with van der Waals surface area (Å²) in [6, 6.07) is 6.56. The van der Waals surface area contributed by atoms with Crippen molar-refractivity contribution in [3.05, 3.63) is 35.5 Å². The Morgan fingerprint density at radius 3 is 2.95 bits per heavy atom. The van der Waals surface area contributed by atoms with Gasteiger partial charge in [-0.2, -0.15) is 4.98 Å². The number of nitrogens with two attached hydrogens (primary N) is 1. The van der Waals surface area contributed by atoms with Gasteiger partial charge in [0, 0.05) is 11.8 Å². The van der Waals surface area contributed by atoms with Gasteiger partial charge in [0.2, 0.25) is 5.95 Å². The number of aromatic nitrogens is 2. The molecule has 5 nitrogen and oxygen atoms in total. The molecule has 0 saturated heterocycles. The quantitative estimate of drug-likeness (QED) is 0.771. The molecule has 0 saturated carbocycles. The molecule has 0 radical (unpaired) electrons. The molecule has 0 atom stereocenters. The van der Waals surface area contributed by atoms with Crippen molar-refractivity contribution < 1.29 is 9.13 Å². The largest absolute Gasteiger partial charge is 0.491 e. The third kappa shape index (κ3) is 2.73. The van der Waals surface area contributed by atoms with Crippen molar-refractivity contribution in [3.63, 3.8) is 0 Å². The molecular weight excluding hydrogens is 291 g/mol. The van der Waals surface area contributed by atoms with E-state index in [2.05, 4.69) is 15.3 Å². The number of rotatable bonds is 4. The Kier molecular flexibility index (Phi) is 3.57. The summed E-state index contributed by atoms with van der Waals surface area (Å²) in [4.78, 5) is 9.10. The summed E-state index contributed by atoms with van der Waals surface area (Å²) < 4.78 is 19.0. The number of ether oxygens (including phenoxy) is 1. The molecule has 3 N–H and O–H groups in total. The second-order valence-corrected chi connectivity index (χ2v) is 5.17. The van der Waals surface area contributed by atoms with E-state index >= 15 is 0 Å². The summed E-state index contributed by atoms with van der Waals surface area (Å²) in [6.07, 6.45) is 0. The molecule has 0 bridgehead atoms. The first-order valence-corrected chi connectivity index (χ1v) is 7.25. The standard InChI is InChI=1S/C14H13FN4OS/c1-2-20-11-4-3-8(7-10(11)15)17-12-9-5-6-21-13(9)19-14(16)18-12/h3-7H,2H2,1H3,(H3,16,17,18,19). The lowest BCUT2D eigenvalue weighted by molar-refractivity contribution is 0.321. The van der Waals surface area contributed by atoms with Crippen LogP contribution in [0, 0.1) is 5.82 Å². The highest BCUT2D eigenvalue weighted by Gasteiger charge is 2.09. The average molecular weight is 304 g/mol. The Bertz CT molecular complexity index is 790.